The number of rotatable bonds is 2. The molecule has 3 atom stereocenters. The Kier molecular flexibility index (Phi) is 4.37. The standard InChI is InChI=1S/C19H28N2O2/c1-14-17-11-10-16(21(14)18(22)23-19(2,3)4)13-20(17)12-15-8-6-5-7-9-15/h5-9,14,16-17H,10-13H2,1-4H3/t14-,16+,17+/m1/s1. The molecule has 2 bridgehead atoms. The lowest BCUT2D eigenvalue weighted by molar-refractivity contribution is -0.0715. The molecule has 1 aromatic carbocycles. The Balaban J connectivity index is 1.70. The first kappa shape index (κ1) is 16.3. The van der Waals surface area contributed by atoms with Gasteiger partial charge in [0.25, 0.3) is 0 Å². The van der Waals surface area contributed by atoms with Crippen molar-refractivity contribution >= 4 is 6.09 Å². The Morgan fingerprint density at radius 1 is 1.22 bits per heavy atom. The molecular formula is C19H28N2O2. The molecule has 3 fully saturated rings. The molecule has 0 N–H and O–H groups in total. The number of ether oxygens (including phenoxy) is 1. The van der Waals surface area contributed by atoms with Crippen molar-refractivity contribution < 1.29 is 9.53 Å². The average Bonchev–Trinajstić information content (AvgIpc) is 2.46. The van der Waals surface area contributed by atoms with E-state index in [0.29, 0.717) is 6.04 Å². The summed E-state index contributed by atoms with van der Waals surface area (Å²) in [5.74, 6) is 0. The summed E-state index contributed by atoms with van der Waals surface area (Å²) >= 11 is 0. The molecule has 3 aliphatic heterocycles. The summed E-state index contributed by atoms with van der Waals surface area (Å²) in [5, 5.41) is 0. The highest BCUT2D eigenvalue weighted by Crippen LogP contribution is 2.35. The zero-order chi connectivity index (χ0) is 16.6. The Morgan fingerprint density at radius 3 is 2.52 bits per heavy atom. The number of benzene rings is 1. The van der Waals surface area contributed by atoms with Crippen molar-refractivity contribution in [1.82, 2.24) is 9.80 Å². The Labute approximate surface area is 139 Å². The largest absolute Gasteiger partial charge is 0.444 e. The van der Waals surface area contributed by atoms with Crippen LogP contribution in [0.4, 0.5) is 4.79 Å². The number of hydrogen-bond acceptors (Lipinski definition) is 3. The van der Waals surface area contributed by atoms with Crippen LogP contribution in [0, 0.1) is 0 Å². The molecule has 1 aromatic rings. The van der Waals surface area contributed by atoms with E-state index in [1.54, 1.807) is 0 Å². The van der Waals surface area contributed by atoms with E-state index >= 15 is 0 Å². The van der Waals surface area contributed by atoms with Crippen LogP contribution in [0.25, 0.3) is 0 Å². The van der Waals surface area contributed by atoms with Gasteiger partial charge in [-0.2, -0.15) is 0 Å². The summed E-state index contributed by atoms with van der Waals surface area (Å²) in [5.41, 5.74) is 0.910. The third-order valence-corrected chi connectivity index (χ3v) is 4.93. The molecule has 0 radical (unpaired) electrons. The summed E-state index contributed by atoms with van der Waals surface area (Å²) in [6.07, 6.45) is 2.09. The van der Waals surface area contributed by atoms with Crippen molar-refractivity contribution in [1.29, 1.82) is 0 Å². The van der Waals surface area contributed by atoms with Crippen LogP contribution in [-0.2, 0) is 11.3 Å². The van der Waals surface area contributed by atoms with E-state index in [-0.39, 0.29) is 18.2 Å². The van der Waals surface area contributed by atoms with Gasteiger partial charge in [0.05, 0.1) is 0 Å². The SMILES string of the molecule is C[C@@H]1[C@@H]2CC[C@@H](CN2Cc2ccccc2)N1C(=O)OC(C)(C)C. The normalized spacial score (nSPS) is 28.0. The summed E-state index contributed by atoms with van der Waals surface area (Å²) in [6, 6.07) is 11.5. The molecule has 0 aromatic heterocycles. The van der Waals surface area contributed by atoms with Gasteiger partial charge in [-0.25, -0.2) is 4.79 Å². The third-order valence-electron chi connectivity index (χ3n) is 4.93. The first-order valence-electron chi connectivity index (χ1n) is 8.64. The van der Waals surface area contributed by atoms with E-state index < -0.39 is 5.60 Å². The molecule has 1 amide bonds. The number of piperazine rings is 1. The second-order valence-corrected chi connectivity index (χ2v) is 7.84. The highest BCUT2D eigenvalue weighted by atomic mass is 16.6. The number of hydrogen-bond donors (Lipinski definition) is 0. The Morgan fingerprint density at radius 2 is 1.91 bits per heavy atom. The molecule has 3 saturated heterocycles. The van der Waals surface area contributed by atoms with Crippen LogP contribution in [0.2, 0.25) is 0 Å². The van der Waals surface area contributed by atoms with Crippen LogP contribution in [0.1, 0.15) is 46.1 Å². The zero-order valence-electron chi connectivity index (χ0n) is 14.7. The van der Waals surface area contributed by atoms with Gasteiger partial charge in [0.15, 0.2) is 0 Å². The maximum Gasteiger partial charge on any atom is 0.410 e. The van der Waals surface area contributed by atoms with Gasteiger partial charge in [-0.3, -0.25) is 9.80 Å². The fourth-order valence-electron chi connectivity index (χ4n) is 3.96. The van der Waals surface area contributed by atoms with Gasteiger partial charge in [0.1, 0.15) is 5.60 Å². The van der Waals surface area contributed by atoms with Crippen LogP contribution in [-0.4, -0.2) is 46.2 Å². The maximum atomic E-state index is 12.6. The smallest absolute Gasteiger partial charge is 0.410 e. The fourth-order valence-corrected chi connectivity index (χ4v) is 3.96. The van der Waals surface area contributed by atoms with Crippen molar-refractivity contribution in [2.75, 3.05) is 6.54 Å². The molecule has 0 spiro atoms. The van der Waals surface area contributed by atoms with Crippen molar-refractivity contribution in [3.05, 3.63) is 35.9 Å². The van der Waals surface area contributed by atoms with Crippen molar-refractivity contribution in [2.45, 2.75) is 70.8 Å². The number of carbonyl (C=O) groups is 1. The molecule has 3 heterocycles. The van der Waals surface area contributed by atoms with Crippen molar-refractivity contribution in [3.8, 4) is 0 Å². The van der Waals surface area contributed by atoms with E-state index in [1.807, 2.05) is 25.7 Å². The predicted molar refractivity (Wildman–Crippen MR) is 91.2 cm³/mol. The van der Waals surface area contributed by atoms with Gasteiger partial charge in [-0.05, 0) is 46.1 Å². The topological polar surface area (TPSA) is 32.8 Å². The molecule has 0 saturated carbocycles. The molecule has 0 aliphatic carbocycles. The van der Waals surface area contributed by atoms with E-state index in [0.717, 1.165) is 25.9 Å². The predicted octanol–water partition coefficient (Wildman–Crippen LogP) is 3.66. The quantitative estimate of drug-likeness (QED) is 0.835. The highest BCUT2D eigenvalue weighted by Gasteiger charge is 2.47. The minimum Gasteiger partial charge on any atom is -0.444 e. The summed E-state index contributed by atoms with van der Waals surface area (Å²) in [4.78, 5) is 17.1. The third kappa shape index (κ3) is 3.52. The number of fused-ring (bicyclic) bond motifs is 3. The number of amides is 1. The summed E-state index contributed by atoms with van der Waals surface area (Å²) in [7, 11) is 0. The maximum absolute atomic E-state index is 12.6. The van der Waals surface area contributed by atoms with E-state index in [9.17, 15) is 4.79 Å². The molecule has 126 valence electrons. The molecular weight excluding hydrogens is 288 g/mol. The van der Waals surface area contributed by atoms with Gasteiger partial charge in [0.2, 0.25) is 0 Å². The minimum atomic E-state index is -0.433. The van der Waals surface area contributed by atoms with Crippen molar-refractivity contribution in [3.63, 3.8) is 0 Å². The van der Waals surface area contributed by atoms with Crippen LogP contribution in [0.15, 0.2) is 30.3 Å². The summed E-state index contributed by atoms with van der Waals surface area (Å²) in [6.45, 7) is 9.87. The second-order valence-electron chi connectivity index (χ2n) is 7.84. The molecule has 3 aliphatic rings. The van der Waals surface area contributed by atoms with Gasteiger partial charge in [-0.1, -0.05) is 30.3 Å². The Hall–Kier alpha value is -1.55. The van der Waals surface area contributed by atoms with Gasteiger partial charge < -0.3 is 4.74 Å². The number of carbonyl (C=O) groups excluding carboxylic acids is 1. The van der Waals surface area contributed by atoms with Crippen molar-refractivity contribution in [2.24, 2.45) is 0 Å². The average molecular weight is 316 g/mol. The monoisotopic (exact) mass is 316 g/mol. The summed E-state index contributed by atoms with van der Waals surface area (Å²) < 4.78 is 5.62. The van der Waals surface area contributed by atoms with Gasteiger partial charge in [-0.15, -0.1) is 0 Å². The van der Waals surface area contributed by atoms with Crippen LogP contribution < -0.4 is 0 Å². The Bertz CT molecular complexity index is 550. The first-order valence-corrected chi connectivity index (χ1v) is 8.64. The van der Waals surface area contributed by atoms with Crippen LogP contribution >= 0.6 is 0 Å². The van der Waals surface area contributed by atoms with Gasteiger partial charge in [0, 0.05) is 31.2 Å². The molecule has 4 nitrogen and oxygen atoms in total. The lowest BCUT2D eigenvalue weighted by Crippen LogP contribution is -2.68. The van der Waals surface area contributed by atoms with E-state index in [4.69, 9.17) is 4.74 Å². The lowest BCUT2D eigenvalue weighted by atomic mass is 9.85. The number of nitrogens with zero attached hydrogens (tertiary/aromatic N) is 2. The lowest BCUT2D eigenvalue weighted by Gasteiger charge is -2.55. The first-order chi connectivity index (χ1) is 10.8. The molecule has 0 unspecified atom stereocenters. The van der Waals surface area contributed by atoms with E-state index in [1.165, 1.54) is 5.56 Å². The minimum absolute atomic E-state index is 0.154. The fraction of sp³-hybridized carbons (Fsp3) is 0.632. The molecule has 4 rings (SSSR count). The van der Waals surface area contributed by atoms with Crippen LogP contribution in [0.3, 0.4) is 0 Å². The highest BCUT2D eigenvalue weighted by molar-refractivity contribution is 5.69. The second kappa shape index (κ2) is 6.16. The molecule has 4 heteroatoms. The van der Waals surface area contributed by atoms with E-state index in [2.05, 4.69) is 42.2 Å². The van der Waals surface area contributed by atoms with Crippen LogP contribution in [0.5, 0.6) is 0 Å². The zero-order valence-corrected chi connectivity index (χ0v) is 14.7. The molecule has 23 heavy (non-hydrogen) atoms. The number of piperidine rings is 2. The van der Waals surface area contributed by atoms with Gasteiger partial charge >= 0.3 is 6.09 Å².